The summed E-state index contributed by atoms with van der Waals surface area (Å²) in [5, 5.41) is 5.56. The zero-order valence-corrected chi connectivity index (χ0v) is 11.2. The molecule has 4 heteroatoms. The maximum absolute atomic E-state index is 6.05. The van der Waals surface area contributed by atoms with Crippen LogP contribution in [0.4, 0.5) is 0 Å². The summed E-state index contributed by atoms with van der Waals surface area (Å²) in [6.45, 7) is 4.14. The average Bonchev–Trinajstić information content (AvgIpc) is 2.66. The minimum atomic E-state index is 0.242. The van der Waals surface area contributed by atoms with E-state index in [0.717, 1.165) is 24.0 Å². The third-order valence-electron chi connectivity index (χ3n) is 2.57. The molecule has 0 amide bonds. The average molecular weight is 290 g/mol. The first-order chi connectivity index (χ1) is 7.29. The van der Waals surface area contributed by atoms with Crippen molar-refractivity contribution in [2.24, 2.45) is 0 Å². The highest BCUT2D eigenvalue weighted by Gasteiger charge is 2.23. The van der Waals surface area contributed by atoms with E-state index in [9.17, 15) is 0 Å². The van der Waals surface area contributed by atoms with Gasteiger partial charge in [0.1, 0.15) is 6.10 Å². The molecule has 1 aliphatic rings. The normalized spacial score (nSPS) is 26.8. The van der Waals surface area contributed by atoms with Gasteiger partial charge in [0, 0.05) is 27.8 Å². The van der Waals surface area contributed by atoms with Crippen molar-refractivity contribution in [1.29, 1.82) is 0 Å². The first kappa shape index (κ1) is 11.6. The Labute approximate surface area is 103 Å². The monoisotopic (exact) mass is 289 g/mol. The highest BCUT2D eigenvalue weighted by Crippen LogP contribution is 2.30. The third kappa shape index (κ3) is 3.03. The molecule has 0 aliphatic carbocycles. The van der Waals surface area contributed by atoms with Crippen LogP contribution in [0.1, 0.15) is 30.7 Å². The summed E-state index contributed by atoms with van der Waals surface area (Å²) in [6.07, 6.45) is 2.96. The van der Waals surface area contributed by atoms with Crippen LogP contribution in [0.5, 0.6) is 0 Å². The Morgan fingerprint density at radius 1 is 1.60 bits per heavy atom. The number of hydrogen-bond donors (Lipinski definition) is 1. The molecule has 1 fully saturated rings. The van der Waals surface area contributed by atoms with Crippen LogP contribution in [0.3, 0.4) is 0 Å². The molecule has 0 bridgehead atoms. The molecule has 84 valence electrons. The molecule has 1 aromatic heterocycles. The lowest BCUT2D eigenvalue weighted by atomic mass is 10.1. The summed E-state index contributed by atoms with van der Waals surface area (Å²) in [5.74, 6) is 0. The molecule has 2 heterocycles. The molecule has 2 unspecified atom stereocenters. The van der Waals surface area contributed by atoms with Gasteiger partial charge in [0.15, 0.2) is 0 Å². The van der Waals surface area contributed by atoms with Crippen LogP contribution in [0.15, 0.2) is 15.9 Å². The van der Waals surface area contributed by atoms with E-state index in [2.05, 4.69) is 39.6 Å². The van der Waals surface area contributed by atoms with Crippen molar-refractivity contribution in [2.45, 2.75) is 32.0 Å². The van der Waals surface area contributed by atoms with Crippen LogP contribution >= 0.6 is 27.3 Å². The molecule has 15 heavy (non-hydrogen) atoms. The Morgan fingerprint density at radius 2 is 2.47 bits per heavy atom. The van der Waals surface area contributed by atoms with Crippen LogP contribution in [0.25, 0.3) is 0 Å². The van der Waals surface area contributed by atoms with Crippen molar-refractivity contribution < 1.29 is 4.74 Å². The number of rotatable bonds is 3. The molecule has 0 saturated carbocycles. The van der Waals surface area contributed by atoms with E-state index in [1.807, 2.05) is 0 Å². The minimum Gasteiger partial charge on any atom is -0.367 e. The van der Waals surface area contributed by atoms with E-state index in [1.165, 1.54) is 11.3 Å². The molecule has 1 aliphatic heterocycles. The van der Waals surface area contributed by atoms with Crippen molar-refractivity contribution in [3.63, 3.8) is 0 Å². The maximum atomic E-state index is 6.05. The van der Waals surface area contributed by atoms with Crippen LogP contribution in [0.2, 0.25) is 0 Å². The van der Waals surface area contributed by atoms with Gasteiger partial charge in [-0.25, -0.2) is 0 Å². The summed E-state index contributed by atoms with van der Waals surface area (Å²) < 4.78 is 7.21. The Balaban J connectivity index is 1.98. The number of thiophene rings is 1. The van der Waals surface area contributed by atoms with E-state index in [1.54, 1.807) is 11.3 Å². The highest BCUT2D eigenvalue weighted by molar-refractivity contribution is 9.10. The topological polar surface area (TPSA) is 21.3 Å². The predicted octanol–water partition coefficient (Wildman–Crippen LogP) is 3.34. The van der Waals surface area contributed by atoms with Gasteiger partial charge in [-0.05, 0) is 28.4 Å². The smallest absolute Gasteiger partial charge is 0.104 e. The lowest BCUT2D eigenvalue weighted by molar-refractivity contribution is -0.0407. The van der Waals surface area contributed by atoms with Gasteiger partial charge in [0.25, 0.3) is 0 Å². The summed E-state index contributed by atoms with van der Waals surface area (Å²) in [7, 11) is 0. The molecule has 0 aromatic carbocycles. The van der Waals surface area contributed by atoms with Crippen LogP contribution in [-0.2, 0) is 4.74 Å². The number of halogens is 1. The van der Waals surface area contributed by atoms with Crippen molar-refractivity contribution in [3.8, 4) is 0 Å². The fourth-order valence-electron chi connectivity index (χ4n) is 1.86. The fraction of sp³-hybridized carbons (Fsp3) is 0.636. The number of ether oxygens (including phenoxy) is 1. The second kappa shape index (κ2) is 5.43. The minimum absolute atomic E-state index is 0.242. The van der Waals surface area contributed by atoms with Gasteiger partial charge in [-0.2, -0.15) is 0 Å². The Morgan fingerprint density at radius 3 is 3.13 bits per heavy atom. The summed E-state index contributed by atoms with van der Waals surface area (Å²) in [5.41, 5.74) is 0. The van der Waals surface area contributed by atoms with E-state index in [0.29, 0.717) is 6.10 Å². The second-order valence-electron chi connectivity index (χ2n) is 3.86. The van der Waals surface area contributed by atoms with Gasteiger partial charge < -0.3 is 10.1 Å². The molecule has 0 radical (unpaired) electrons. The van der Waals surface area contributed by atoms with Crippen LogP contribution < -0.4 is 5.32 Å². The Hall–Kier alpha value is 0.1000. The van der Waals surface area contributed by atoms with Gasteiger partial charge in [-0.15, -0.1) is 11.3 Å². The molecule has 1 aromatic rings. The maximum Gasteiger partial charge on any atom is 0.104 e. The van der Waals surface area contributed by atoms with E-state index < -0.39 is 0 Å². The Bertz CT molecular complexity index is 313. The summed E-state index contributed by atoms with van der Waals surface area (Å²) >= 11 is 5.24. The number of hydrogen-bond acceptors (Lipinski definition) is 3. The predicted molar refractivity (Wildman–Crippen MR) is 67.4 cm³/mol. The highest BCUT2D eigenvalue weighted by atomic mass is 79.9. The van der Waals surface area contributed by atoms with Crippen LogP contribution in [-0.4, -0.2) is 19.2 Å². The Kier molecular flexibility index (Phi) is 4.20. The molecule has 2 nitrogen and oxygen atoms in total. The molecule has 2 rings (SSSR count). The zero-order valence-electron chi connectivity index (χ0n) is 8.83. The van der Waals surface area contributed by atoms with Gasteiger partial charge >= 0.3 is 0 Å². The quantitative estimate of drug-likeness (QED) is 0.922. The van der Waals surface area contributed by atoms with Gasteiger partial charge in [0.05, 0.1) is 6.10 Å². The third-order valence-corrected chi connectivity index (χ3v) is 4.36. The van der Waals surface area contributed by atoms with Crippen molar-refractivity contribution in [2.75, 3.05) is 13.1 Å². The van der Waals surface area contributed by atoms with Crippen molar-refractivity contribution in [1.82, 2.24) is 5.32 Å². The summed E-state index contributed by atoms with van der Waals surface area (Å²) in [6, 6.07) is 2.16. The van der Waals surface area contributed by atoms with E-state index in [4.69, 9.17) is 4.74 Å². The van der Waals surface area contributed by atoms with E-state index >= 15 is 0 Å². The first-order valence-electron chi connectivity index (χ1n) is 5.39. The van der Waals surface area contributed by atoms with Gasteiger partial charge in [-0.3, -0.25) is 0 Å². The van der Waals surface area contributed by atoms with E-state index in [-0.39, 0.29) is 6.10 Å². The standard InChI is InChI=1S/C11H16BrNOS/c1-2-3-9-5-13-6-10(14-9)11-4-8(12)7-15-11/h4,7,9-10,13H,2-3,5-6H2,1H3. The molecule has 1 N–H and O–H groups in total. The van der Waals surface area contributed by atoms with Crippen molar-refractivity contribution >= 4 is 27.3 Å². The molecular weight excluding hydrogens is 274 g/mol. The number of morpholine rings is 1. The second-order valence-corrected chi connectivity index (χ2v) is 5.72. The number of nitrogens with one attached hydrogen (secondary N) is 1. The van der Waals surface area contributed by atoms with Crippen molar-refractivity contribution in [3.05, 3.63) is 20.8 Å². The van der Waals surface area contributed by atoms with Gasteiger partial charge in [-0.1, -0.05) is 13.3 Å². The fourth-order valence-corrected chi connectivity index (χ4v) is 3.34. The summed E-state index contributed by atoms with van der Waals surface area (Å²) in [4.78, 5) is 1.31. The molecule has 1 saturated heterocycles. The lowest BCUT2D eigenvalue weighted by Gasteiger charge is -2.30. The van der Waals surface area contributed by atoms with Gasteiger partial charge in [0.2, 0.25) is 0 Å². The lowest BCUT2D eigenvalue weighted by Crippen LogP contribution is -2.40. The molecule has 2 atom stereocenters. The molecular formula is C11H16BrNOS. The molecule has 0 spiro atoms. The van der Waals surface area contributed by atoms with Crippen LogP contribution in [0, 0.1) is 0 Å². The first-order valence-corrected chi connectivity index (χ1v) is 7.07. The largest absolute Gasteiger partial charge is 0.367 e. The zero-order chi connectivity index (χ0) is 10.7. The SMILES string of the molecule is CCCC1CNCC(c2cc(Br)cs2)O1.